The third-order valence-electron chi connectivity index (χ3n) is 5.18. The van der Waals surface area contributed by atoms with E-state index in [1.807, 2.05) is 0 Å². The van der Waals surface area contributed by atoms with Gasteiger partial charge in [0.1, 0.15) is 0 Å². The lowest BCUT2D eigenvalue weighted by molar-refractivity contribution is -0.123. The second-order valence-electron chi connectivity index (χ2n) is 6.48. The standard InChI is InChI=1S/C15H26N2O2/c16-10-4-6-11(7-5-10)19-9-8-17-15(18)14-12-2-1-3-13(12)14/h10-14H,1-9,16H2,(H,17,18). The van der Waals surface area contributed by atoms with Gasteiger partial charge in [-0.3, -0.25) is 4.79 Å². The molecule has 3 saturated carbocycles. The van der Waals surface area contributed by atoms with Crippen molar-refractivity contribution >= 4 is 5.91 Å². The van der Waals surface area contributed by atoms with E-state index in [4.69, 9.17) is 10.5 Å². The summed E-state index contributed by atoms with van der Waals surface area (Å²) in [7, 11) is 0. The second kappa shape index (κ2) is 5.80. The Hall–Kier alpha value is -0.610. The molecule has 3 N–H and O–H groups in total. The molecule has 3 aliphatic rings. The molecule has 0 heterocycles. The topological polar surface area (TPSA) is 64.3 Å². The fourth-order valence-electron chi connectivity index (χ4n) is 3.98. The Labute approximate surface area is 115 Å². The molecule has 19 heavy (non-hydrogen) atoms. The summed E-state index contributed by atoms with van der Waals surface area (Å²) in [6.07, 6.45) is 8.50. The molecule has 0 aromatic rings. The Balaban J connectivity index is 1.26. The van der Waals surface area contributed by atoms with E-state index in [2.05, 4.69) is 5.32 Å². The number of hydrogen-bond donors (Lipinski definition) is 2. The molecule has 4 heteroatoms. The first-order chi connectivity index (χ1) is 9.25. The van der Waals surface area contributed by atoms with Crippen LogP contribution in [0, 0.1) is 17.8 Å². The molecule has 3 fully saturated rings. The van der Waals surface area contributed by atoms with Gasteiger partial charge in [0.05, 0.1) is 12.7 Å². The van der Waals surface area contributed by atoms with Gasteiger partial charge < -0.3 is 15.8 Å². The molecule has 3 rings (SSSR count). The molecular formula is C15H26N2O2. The van der Waals surface area contributed by atoms with E-state index in [9.17, 15) is 4.79 Å². The lowest BCUT2D eigenvalue weighted by Gasteiger charge is -2.26. The molecule has 0 aliphatic heterocycles. The second-order valence-corrected chi connectivity index (χ2v) is 6.48. The number of carbonyl (C=O) groups is 1. The summed E-state index contributed by atoms with van der Waals surface area (Å²) >= 11 is 0. The summed E-state index contributed by atoms with van der Waals surface area (Å²) in [5.41, 5.74) is 5.86. The molecule has 0 radical (unpaired) electrons. The van der Waals surface area contributed by atoms with Crippen LogP contribution in [0.5, 0.6) is 0 Å². The fourth-order valence-corrected chi connectivity index (χ4v) is 3.98. The van der Waals surface area contributed by atoms with Gasteiger partial charge in [0.15, 0.2) is 0 Å². The van der Waals surface area contributed by atoms with Gasteiger partial charge in [-0.05, 0) is 50.4 Å². The van der Waals surface area contributed by atoms with Gasteiger partial charge in [-0.2, -0.15) is 0 Å². The summed E-state index contributed by atoms with van der Waals surface area (Å²) < 4.78 is 5.81. The summed E-state index contributed by atoms with van der Waals surface area (Å²) in [6.45, 7) is 1.31. The summed E-state index contributed by atoms with van der Waals surface area (Å²) in [5, 5.41) is 3.03. The summed E-state index contributed by atoms with van der Waals surface area (Å²) in [6, 6.07) is 0.369. The molecule has 2 atom stereocenters. The monoisotopic (exact) mass is 266 g/mol. The van der Waals surface area contributed by atoms with Crippen LogP contribution in [0.3, 0.4) is 0 Å². The minimum Gasteiger partial charge on any atom is -0.376 e. The molecular weight excluding hydrogens is 240 g/mol. The highest BCUT2D eigenvalue weighted by molar-refractivity contribution is 5.82. The molecule has 0 spiro atoms. The number of ether oxygens (including phenoxy) is 1. The van der Waals surface area contributed by atoms with Crippen LogP contribution >= 0.6 is 0 Å². The van der Waals surface area contributed by atoms with Gasteiger partial charge in [-0.1, -0.05) is 6.42 Å². The maximum Gasteiger partial charge on any atom is 0.223 e. The van der Waals surface area contributed by atoms with Crippen LogP contribution in [-0.4, -0.2) is 31.2 Å². The molecule has 0 saturated heterocycles. The highest BCUT2D eigenvalue weighted by atomic mass is 16.5. The number of nitrogens with one attached hydrogen (secondary N) is 1. The van der Waals surface area contributed by atoms with E-state index < -0.39 is 0 Å². The first-order valence-electron chi connectivity index (χ1n) is 7.90. The zero-order valence-corrected chi connectivity index (χ0v) is 11.6. The van der Waals surface area contributed by atoms with E-state index in [1.54, 1.807) is 0 Å². The Morgan fingerprint density at radius 1 is 1.11 bits per heavy atom. The van der Waals surface area contributed by atoms with Gasteiger partial charge in [-0.15, -0.1) is 0 Å². The minimum atomic E-state index is 0.268. The van der Waals surface area contributed by atoms with Crippen molar-refractivity contribution in [2.75, 3.05) is 13.2 Å². The van der Waals surface area contributed by atoms with Crippen LogP contribution in [0.25, 0.3) is 0 Å². The van der Waals surface area contributed by atoms with Crippen molar-refractivity contribution in [2.45, 2.75) is 57.1 Å². The predicted octanol–water partition coefficient (Wildman–Crippen LogP) is 1.44. The van der Waals surface area contributed by atoms with Crippen LogP contribution < -0.4 is 11.1 Å². The van der Waals surface area contributed by atoms with Crippen molar-refractivity contribution in [3.63, 3.8) is 0 Å². The van der Waals surface area contributed by atoms with Crippen molar-refractivity contribution in [1.82, 2.24) is 5.32 Å². The first-order valence-corrected chi connectivity index (χ1v) is 7.90. The molecule has 0 aromatic carbocycles. The zero-order valence-electron chi connectivity index (χ0n) is 11.6. The van der Waals surface area contributed by atoms with Gasteiger partial charge in [-0.25, -0.2) is 0 Å². The Morgan fingerprint density at radius 2 is 1.79 bits per heavy atom. The summed E-state index contributed by atoms with van der Waals surface area (Å²) in [5.74, 6) is 2.02. The van der Waals surface area contributed by atoms with E-state index in [0.717, 1.165) is 25.7 Å². The Bertz CT molecular complexity index is 316. The minimum absolute atomic E-state index is 0.268. The molecule has 0 aromatic heterocycles. The molecule has 1 amide bonds. The maximum atomic E-state index is 11.9. The number of rotatable bonds is 5. The van der Waals surface area contributed by atoms with E-state index in [-0.39, 0.29) is 5.91 Å². The smallest absolute Gasteiger partial charge is 0.223 e. The van der Waals surface area contributed by atoms with Crippen molar-refractivity contribution in [2.24, 2.45) is 23.5 Å². The van der Waals surface area contributed by atoms with Crippen LogP contribution in [0.1, 0.15) is 44.9 Å². The predicted molar refractivity (Wildman–Crippen MR) is 73.5 cm³/mol. The largest absolute Gasteiger partial charge is 0.376 e. The Morgan fingerprint density at radius 3 is 2.47 bits per heavy atom. The lowest BCUT2D eigenvalue weighted by Crippen LogP contribution is -2.33. The highest BCUT2D eigenvalue weighted by Gasteiger charge is 2.56. The SMILES string of the molecule is NC1CCC(OCCNC(=O)C2C3CCCC32)CC1. The average molecular weight is 266 g/mol. The fraction of sp³-hybridized carbons (Fsp3) is 0.933. The normalized spacial score (nSPS) is 40.8. The lowest BCUT2D eigenvalue weighted by atomic mass is 9.94. The van der Waals surface area contributed by atoms with Gasteiger partial charge in [0.2, 0.25) is 5.91 Å². The molecule has 0 bridgehead atoms. The summed E-state index contributed by atoms with van der Waals surface area (Å²) in [4.78, 5) is 11.9. The molecule has 108 valence electrons. The number of fused-ring (bicyclic) bond motifs is 1. The third-order valence-corrected chi connectivity index (χ3v) is 5.18. The Kier molecular flexibility index (Phi) is 4.08. The van der Waals surface area contributed by atoms with Crippen LogP contribution in [0.4, 0.5) is 0 Å². The van der Waals surface area contributed by atoms with Crippen molar-refractivity contribution in [3.8, 4) is 0 Å². The van der Waals surface area contributed by atoms with Crippen molar-refractivity contribution in [3.05, 3.63) is 0 Å². The molecule has 2 unspecified atom stereocenters. The number of hydrogen-bond acceptors (Lipinski definition) is 3. The molecule has 4 nitrogen and oxygen atoms in total. The van der Waals surface area contributed by atoms with Crippen LogP contribution in [0.2, 0.25) is 0 Å². The van der Waals surface area contributed by atoms with Crippen LogP contribution in [-0.2, 0) is 9.53 Å². The van der Waals surface area contributed by atoms with Crippen molar-refractivity contribution in [1.29, 1.82) is 0 Å². The van der Waals surface area contributed by atoms with E-state index in [1.165, 1.54) is 19.3 Å². The van der Waals surface area contributed by atoms with E-state index in [0.29, 0.717) is 43.1 Å². The number of nitrogens with two attached hydrogens (primary N) is 1. The van der Waals surface area contributed by atoms with Crippen molar-refractivity contribution < 1.29 is 9.53 Å². The molecule has 3 aliphatic carbocycles. The number of amides is 1. The zero-order chi connectivity index (χ0) is 13.2. The first kappa shape index (κ1) is 13.4. The van der Waals surface area contributed by atoms with Gasteiger partial charge >= 0.3 is 0 Å². The highest BCUT2D eigenvalue weighted by Crippen LogP contribution is 2.57. The van der Waals surface area contributed by atoms with E-state index >= 15 is 0 Å². The van der Waals surface area contributed by atoms with Gasteiger partial charge in [0, 0.05) is 18.5 Å². The maximum absolute atomic E-state index is 11.9. The van der Waals surface area contributed by atoms with Crippen LogP contribution in [0.15, 0.2) is 0 Å². The quantitative estimate of drug-likeness (QED) is 0.740. The van der Waals surface area contributed by atoms with Gasteiger partial charge in [0.25, 0.3) is 0 Å². The third kappa shape index (κ3) is 3.11. The average Bonchev–Trinajstić information content (AvgIpc) is 2.90. The number of carbonyl (C=O) groups excluding carboxylic acids is 1.